The van der Waals surface area contributed by atoms with Crippen molar-refractivity contribution >= 4 is 19.2 Å². The fourth-order valence-corrected chi connectivity index (χ4v) is 3.30. The number of allylic oxidation sites excluding steroid dienone is 2. The van der Waals surface area contributed by atoms with Crippen LogP contribution in [-0.2, 0) is 6.15 Å². The SMILES string of the molecule is CC=C[O][Sn]([CH3])([CH3])[O]C=CC. The zero-order valence-corrected chi connectivity index (χ0v) is 10.5. The van der Waals surface area contributed by atoms with E-state index in [1.54, 1.807) is 12.5 Å². The van der Waals surface area contributed by atoms with Crippen LogP contribution in [-0.4, -0.2) is 19.2 Å². The average molecular weight is 263 g/mol. The predicted octanol–water partition coefficient (Wildman–Crippen LogP) is 2.79. The molecule has 0 aliphatic carbocycles. The van der Waals surface area contributed by atoms with Gasteiger partial charge in [-0.1, -0.05) is 0 Å². The van der Waals surface area contributed by atoms with E-state index < -0.39 is 19.2 Å². The summed E-state index contributed by atoms with van der Waals surface area (Å²) in [6.45, 7) is 3.86. The Morgan fingerprint density at radius 3 is 1.55 bits per heavy atom. The molecule has 0 saturated carbocycles. The molecule has 0 amide bonds. The molecular weight excluding hydrogens is 247 g/mol. The van der Waals surface area contributed by atoms with Crippen molar-refractivity contribution in [2.75, 3.05) is 0 Å². The quantitative estimate of drug-likeness (QED) is 0.573. The van der Waals surface area contributed by atoms with Gasteiger partial charge < -0.3 is 0 Å². The van der Waals surface area contributed by atoms with Crippen molar-refractivity contribution in [3.63, 3.8) is 0 Å². The topological polar surface area (TPSA) is 18.5 Å². The summed E-state index contributed by atoms with van der Waals surface area (Å²) in [6.07, 6.45) is 7.16. The Balaban J connectivity index is 3.78. The molecule has 0 unspecified atom stereocenters. The number of hydrogen-bond acceptors (Lipinski definition) is 2. The van der Waals surface area contributed by atoms with Crippen LogP contribution in [0.1, 0.15) is 13.8 Å². The van der Waals surface area contributed by atoms with Gasteiger partial charge in [0.05, 0.1) is 0 Å². The van der Waals surface area contributed by atoms with Crippen LogP contribution in [0.2, 0.25) is 9.88 Å². The molecule has 0 bridgehead atoms. The molecule has 0 atom stereocenters. The van der Waals surface area contributed by atoms with Crippen LogP contribution in [0.3, 0.4) is 0 Å². The van der Waals surface area contributed by atoms with Gasteiger partial charge >= 0.3 is 73.8 Å². The molecule has 0 spiro atoms. The monoisotopic (exact) mass is 264 g/mol. The first-order valence-electron chi connectivity index (χ1n) is 3.70. The third-order valence-electron chi connectivity index (χ3n) is 0.976. The van der Waals surface area contributed by atoms with Gasteiger partial charge in [0, 0.05) is 0 Å². The van der Waals surface area contributed by atoms with Crippen LogP contribution >= 0.6 is 0 Å². The van der Waals surface area contributed by atoms with E-state index >= 15 is 0 Å². The van der Waals surface area contributed by atoms with Gasteiger partial charge in [0.25, 0.3) is 0 Å². The van der Waals surface area contributed by atoms with E-state index in [-0.39, 0.29) is 0 Å². The Kier molecular flexibility index (Phi) is 5.46. The minimum absolute atomic E-state index is 1.71. The van der Waals surface area contributed by atoms with E-state index in [9.17, 15) is 0 Å². The van der Waals surface area contributed by atoms with Crippen LogP contribution in [0.4, 0.5) is 0 Å². The van der Waals surface area contributed by atoms with Gasteiger partial charge in [0.1, 0.15) is 0 Å². The molecule has 0 aromatic rings. The van der Waals surface area contributed by atoms with E-state index in [2.05, 4.69) is 9.88 Å². The molecule has 2 nitrogen and oxygen atoms in total. The Bertz CT molecular complexity index is 134. The second kappa shape index (κ2) is 5.52. The second-order valence-electron chi connectivity index (χ2n) is 2.57. The molecule has 0 aliphatic heterocycles. The van der Waals surface area contributed by atoms with E-state index in [4.69, 9.17) is 6.15 Å². The van der Waals surface area contributed by atoms with E-state index in [1.807, 2.05) is 26.0 Å². The minimum atomic E-state index is -2.61. The summed E-state index contributed by atoms with van der Waals surface area (Å²) in [4.78, 5) is 4.13. The summed E-state index contributed by atoms with van der Waals surface area (Å²) in [5.74, 6) is 0. The van der Waals surface area contributed by atoms with E-state index in [0.717, 1.165) is 0 Å². The molecule has 64 valence electrons. The molecule has 0 aromatic carbocycles. The molecule has 0 saturated heterocycles. The molecule has 0 aliphatic rings. The van der Waals surface area contributed by atoms with Gasteiger partial charge in [-0.25, -0.2) is 0 Å². The molecule has 0 N–H and O–H groups in total. The number of hydrogen-bond donors (Lipinski definition) is 0. The Morgan fingerprint density at radius 2 is 1.27 bits per heavy atom. The first kappa shape index (κ1) is 10.9. The summed E-state index contributed by atoms with van der Waals surface area (Å²) < 4.78 is 10.9. The third-order valence-corrected chi connectivity index (χ3v) is 4.99. The predicted molar refractivity (Wildman–Crippen MR) is 49.3 cm³/mol. The molecule has 0 rings (SSSR count). The summed E-state index contributed by atoms with van der Waals surface area (Å²) in [5.41, 5.74) is 0. The summed E-state index contributed by atoms with van der Waals surface area (Å²) in [6, 6.07) is 0. The van der Waals surface area contributed by atoms with Crippen LogP contribution in [0.25, 0.3) is 0 Å². The van der Waals surface area contributed by atoms with Crippen molar-refractivity contribution in [1.82, 2.24) is 0 Å². The van der Waals surface area contributed by atoms with Gasteiger partial charge in [0.15, 0.2) is 0 Å². The summed E-state index contributed by atoms with van der Waals surface area (Å²) in [7, 11) is 0. The van der Waals surface area contributed by atoms with Crippen molar-refractivity contribution in [3.8, 4) is 0 Å². The van der Waals surface area contributed by atoms with Crippen molar-refractivity contribution < 1.29 is 6.15 Å². The standard InChI is InChI=1S/2C3H6O.2CH3.Sn/c2*1-2-3-4;;;/h2*2-4H,1H3;2*1H3;/q;;;;+2/p-2. The fourth-order valence-electron chi connectivity index (χ4n) is 0.492. The Hall–Kier alpha value is -0.121. The van der Waals surface area contributed by atoms with Gasteiger partial charge in [-0.05, 0) is 0 Å². The molecular formula is C8H16O2Sn. The van der Waals surface area contributed by atoms with Crippen molar-refractivity contribution in [3.05, 3.63) is 24.7 Å². The van der Waals surface area contributed by atoms with Crippen LogP contribution in [0.5, 0.6) is 0 Å². The van der Waals surface area contributed by atoms with Gasteiger partial charge in [-0.2, -0.15) is 0 Å². The molecule has 0 fully saturated rings. The third kappa shape index (κ3) is 6.28. The fraction of sp³-hybridized carbons (Fsp3) is 0.500. The van der Waals surface area contributed by atoms with Gasteiger partial charge in [0.2, 0.25) is 0 Å². The second-order valence-corrected chi connectivity index (χ2v) is 11.9. The maximum absolute atomic E-state index is 5.44. The Labute approximate surface area is 73.9 Å². The average Bonchev–Trinajstić information content (AvgIpc) is 1.97. The summed E-state index contributed by atoms with van der Waals surface area (Å²) >= 11 is -2.61. The summed E-state index contributed by atoms with van der Waals surface area (Å²) in [5, 5.41) is 0. The van der Waals surface area contributed by atoms with Crippen LogP contribution in [0.15, 0.2) is 24.7 Å². The zero-order valence-electron chi connectivity index (χ0n) is 7.63. The molecule has 0 radical (unpaired) electrons. The first-order valence-corrected chi connectivity index (χ1v) is 11.7. The van der Waals surface area contributed by atoms with Crippen LogP contribution < -0.4 is 0 Å². The van der Waals surface area contributed by atoms with Crippen molar-refractivity contribution in [2.45, 2.75) is 23.7 Å². The van der Waals surface area contributed by atoms with E-state index in [1.165, 1.54) is 0 Å². The molecule has 0 aromatic heterocycles. The number of rotatable bonds is 4. The Morgan fingerprint density at radius 1 is 0.909 bits per heavy atom. The zero-order chi connectivity index (χ0) is 8.74. The molecule has 0 heterocycles. The maximum atomic E-state index is 5.44. The van der Waals surface area contributed by atoms with Gasteiger partial charge in [-0.3, -0.25) is 0 Å². The first-order chi connectivity index (χ1) is 5.12. The normalized spacial score (nSPS) is 12.7. The molecule has 3 heteroatoms. The van der Waals surface area contributed by atoms with Crippen LogP contribution in [0, 0.1) is 0 Å². The van der Waals surface area contributed by atoms with Crippen molar-refractivity contribution in [1.29, 1.82) is 0 Å². The molecule has 11 heavy (non-hydrogen) atoms. The van der Waals surface area contributed by atoms with Gasteiger partial charge in [-0.15, -0.1) is 0 Å². The van der Waals surface area contributed by atoms with Crippen molar-refractivity contribution in [2.24, 2.45) is 0 Å². The van der Waals surface area contributed by atoms with E-state index in [0.29, 0.717) is 0 Å².